The molecule has 0 radical (unpaired) electrons. The summed E-state index contributed by atoms with van der Waals surface area (Å²) in [6.45, 7) is -0.741. The average Bonchev–Trinajstić information content (AvgIpc) is 3.22. The first kappa shape index (κ1) is 21.4. The second-order valence-corrected chi connectivity index (χ2v) is 7.07. The van der Waals surface area contributed by atoms with Crippen molar-refractivity contribution in [2.24, 2.45) is 0 Å². The molecular weight excluding hydrogens is 418 g/mol. The van der Waals surface area contributed by atoms with Gasteiger partial charge in [0.05, 0.1) is 23.2 Å². The van der Waals surface area contributed by atoms with E-state index in [4.69, 9.17) is 0 Å². The normalized spacial score (nSPS) is 13.1. The van der Waals surface area contributed by atoms with Gasteiger partial charge < -0.3 is 20.3 Å². The summed E-state index contributed by atoms with van der Waals surface area (Å²) >= 11 is 0. The highest BCUT2D eigenvalue weighted by atomic mass is 19.1. The smallest absolute Gasteiger partial charge is 0.203 e. The number of aliphatic hydroxyl groups excluding tert-OH is 3. The second-order valence-electron chi connectivity index (χ2n) is 7.07. The Morgan fingerprint density at radius 3 is 2.50 bits per heavy atom. The van der Waals surface area contributed by atoms with E-state index in [0.29, 0.717) is 11.0 Å². The van der Waals surface area contributed by atoms with Gasteiger partial charge in [0.15, 0.2) is 0 Å². The number of halogens is 2. The number of nitrogens with zero attached hydrogens (tertiary/aromatic N) is 1. The summed E-state index contributed by atoms with van der Waals surface area (Å²) in [4.78, 5) is 20.7. The predicted octanol–water partition coefficient (Wildman–Crippen LogP) is 4.18. The van der Waals surface area contributed by atoms with Crippen LogP contribution in [0.1, 0.15) is 33.4 Å². The lowest BCUT2D eigenvalue weighted by Crippen LogP contribution is -2.13. The molecule has 6 nitrogen and oxygen atoms in total. The van der Waals surface area contributed by atoms with E-state index in [1.54, 1.807) is 24.3 Å². The highest BCUT2D eigenvalue weighted by molar-refractivity contribution is 6.33. The summed E-state index contributed by atoms with van der Waals surface area (Å²) in [7, 11) is 0. The third-order valence-electron chi connectivity index (χ3n) is 4.99. The van der Waals surface area contributed by atoms with E-state index in [-0.39, 0.29) is 22.5 Å². The first-order valence-corrected chi connectivity index (χ1v) is 9.67. The Labute approximate surface area is 181 Å². The van der Waals surface area contributed by atoms with Crippen molar-refractivity contribution in [1.82, 2.24) is 9.97 Å². The summed E-state index contributed by atoms with van der Waals surface area (Å²) in [6, 6.07) is 15.6. The van der Waals surface area contributed by atoms with Gasteiger partial charge in [0.25, 0.3) is 0 Å². The number of fused-ring (bicyclic) bond motifs is 1. The standard InChI is InChI=1S/C24H18F2N2O4/c25-14-6-3-5-13(11-14)22(31)20(24-27-17-9-1-2-10-18(17)28-24)23(32)16-8-4-7-15(21(16)26)19(30)12-29/h1-11,19,29-31H,12H2,(H,27,28)/t19-/m0/s1. The fraction of sp³-hybridized carbons (Fsp3) is 0.0833. The minimum absolute atomic E-state index is 0.000705. The van der Waals surface area contributed by atoms with Gasteiger partial charge in [-0.1, -0.05) is 36.4 Å². The number of aromatic nitrogens is 2. The topological polar surface area (TPSA) is 106 Å². The lowest BCUT2D eigenvalue weighted by atomic mass is 9.95. The molecule has 4 aromatic rings. The Morgan fingerprint density at radius 2 is 1.78 bits per heavy atom. The monoisotopic (exact) mass is 436 g/mol. The van der Waals surface area contributed by atoms with Crippen LogP contribution in [-0.4, -0.2) is 37.7 Å². The summed E-state index contributed by atoms with van der Waals surface area (Å²) in [5, 5.41) is 30.0. The van der Waals surface area contributed by atoms with Crippen LogP contribution < -0.4 is 0 Å². The highest BCUT2D eigenvalue weighted by Gasteiger charge is 2.27. The molecule has 0 amide bonds. The third-order valence-corrected chi connectivity index (χ3v) is 4.99. The Hall–Kier alpha value is -3.88. The average molecular weight is 436 g/mol. The van der Waals surface area contributed by atoms with Gasteiger partial charge in [-0.2, -0.15) is 0 Å². The number of hydrogen-bond donors (Lipinski definition) is 4. The molecule has 0 aliphatic carbocycles. The predicted molar refractivity (Wildman–Crippen MR) is 115 cm³/mol. The van der Waals surface area contributed by atoms with Gasteiger partial charge in [0.1, 0.15) is 34.9 Å². The fourth-order valence-corrected chi connectivity index (χ4v) is 3.39. The number of allylic oxidation sites excluding steroid dienone is 1. The number of para-hydroxylation sites is 2. The van der Waals surface area contributed by atoms with Crippen LogP contribution in [0.5, 0.6) is 0 Å². The molecule has 1 heterocycles. The number of carbonyl (C=O) groups excluding carboxylic acids is 1. The second kappa shape index (κ2) is 8.70. The minimum atomic E-state index is -1.53. The maximum atomic E-state index is 15.1. The van der Waals surface area contributed by atoms with Crippen molar-refractivity contribution in [1.29, 1.82) is 0 Å². The van der Waals surface area contributed by atoms with E-state index >= 15 is 4.39 Å². The molecule has 8 heteroatoms. The van der Waals surface area contributed by atoms with Crippen LogP contribution in [-0.2, 0) is 0 Å². The Morgan fingerprint density at radius 1 is 1.03 bits per heavy atom. The minimum Gasteiger partial charge on any atom is -0.506 e. The number of aliphatic hydroxyl groups is 3. The zero-order chi connectivity index (χ0) is 22.8. The molecular formula is C24H18F2N2O4. The highest BCUT2D eigenvalue weighted by Crippen LogP contribution is 2.30. The molecule has 0 fully saturated rings. The van der Waals surface area contributed by atoms with Crippen molar-refractivity contribution in [3.8, 4) is 0 Å². The number of aromatic amines is 1. The SMILES string of the molecule is O=C(C(=C(O)c1cccc(F)c1)c1nc2ccccc2[nH]1)c1cccc([C@@H](O)CO)c1F. The molecule has 0 unspecified atom stereocenters. The van der Waals surface area contributed by atoms with Gasteiger partial charge in [-0.25, -0.2) is 13.8 Å². The van der Waals surface area contributed by atoms with Crippen molar-refractivity contribution in [2.45, 2.75) is 6.10 Å². The van der Waals surface area contributed by atoms with E-state index in [1.807, 2.05) is 0 Å². The number of hydrogen-bond acceptors (Lipinski definition) is 5. The number of nitrogens with one attached hydrogen (secondary N) is 1. The number of carbonyl (C=O) groups is 1. The van der Waals surface area contributed by atoms with Gasteiger partial charge in [0, 0.05) is 11.1 Å². The maximum absolute atomic E-state index is 15.1. The molecule has 3 aromatic carbocycles. The Kier molecular flexibility index (Phi) is 5.81. The van der Waals surface area contributed by atoms with Crippen molar-refractivity contribution >= 4 is 28.1 Å². The molecule has 4 N–H and O–H groups in total. The number of benzene rings is 3. The van der Waals surface area contributed by atoms with Crippen molar-refractivity contribution in [2.75, 3.05) is 6.61 Å². The van der Waals surface area contributed by atoms with E-state index < -0.39 is 41.5 Å². The number of ketones is 1. The van der Waals surface area contributed by atoms with E-state index in [2.05, 4.69) is 9.97 Å². The van der Waals surface area contributed by atoms with E-state index in [9.17, 15) is 24.5 Å². The lowest BCUT2D eigenvalue weighted by Gasteiger charge is -2.13. The van der Waals surface area contributed by atoms with Crippen LogP contribution in [0.2, 0.25) is 0 Å². The first-order chi connectivity index (χ1) is 15.4. The van der Waals surface area contributed by atoms with Crippen LogP contribution in [0.25, 0.3) is 22.4 Å². The molecule has 162 valence electrons. The molecule has 0 bridgehead atoms. The number of Topliss-reactive ketones (excluding diaryl/α,β-unsaturated/α-hetero) is 1. The fourth-order valence-electron chi connectivity index (χ4n) is 3.39. The molecule has 4 rings (SSSR count). The van der Waals surface area contributed by atoms with Crippen LogP contribution in [0.4, 0.5) is 8.78 Å². The summed E-state index contributed by atoms with van der Waals surface area (Å²) in [5.74, 6) is -3.24. The molecule has 32 heavy (non-hydrogen) atoms. The number of imidazole rings is 1. The maximum Gasteiger partial charge on any atom is 0.203 e. The largest absolute Gasteiger partial charge is 0.506 e. The third kappa shape index (κ3) is 3.89. The van der Waals surface area contributed by atoms with Crippen LogP contribution >= 0.6 is 0 Å². The lowest BCUT2D eigenvalue weighted by molar-refractivity contribution is 0.0920. The molecule has 0 spiro atoms. The summed E-state index contributed by atoms with van der Waals surface area (Å²) < 4.78 is 28.9. The van der Waals surface area contributed by atoms with E-state index in [1.165, 1.54) is 36.4 Å². The number of rotatable bonds is 6. The number of H-pyrrole nitrogens is 1. The van der Waals surface area contributed by atoms with Crippen LogP contribution in [0, 0.1) is 11.6 Å². The van der Waals surface area contributed by atoms with Gasteiger partial charge in [0.2, 0.25) is 5.78 Å². The molecule has 0 saturated heterocycles. The van der Waals surface area contributed by atoms with Gasteiger partial charge in [-0.05, 0) is 30.3 Å². The van der Waals surface area contributed by atoms with Gasteiger partial charge in [-0.15, -0.1) is 0 Å². The Balaban J connectivity index is 1.94. The quantitative estimate of drug-likeness (QED) is 0.206. The molecule has 1 aromatic heterocycles. The molecule has 0 saturated carbocycles. The van der Waals surface area contributed by atoms with Crippen molar-refractivity contribution < 1.29 is 28.9 Å². The zero-order valence-corrected chi connectivity index (χ0v) is 16.6. The van der Waals surface area contributed by atoms with Crippen LogP contribution in [0.3, 0.4) is 0 Å². The van der Waals surface area contributed by atoms with Crippen molar-refractivity contribution in [3.05, 3.63) is 101 Å². The summed E-state index contributed by atoms with van der Waals surface area (Å²) in [5.41, 5.74) is -0.0161. The molecule has 0 aliphatic heterocycles. The summed E-state index contributed by atoms with van der Waals surface area (Å²) in [6.07, 6.45) is -1.53. The van der Waals surface area contributed by atoms with Gasteiger partial charge in [-0.3, -0.25) is 4.79 Å². The first-order valence-electron chi connectivity index (χ1n) is 9.67. The Bertz CT molecular complexity index is 1310. The molecule has 1 atom stereocenters. The van der Waals surface area contributed by atoms with E-state index in [0.717, 1.165) is 6.07 Å². The zero-order valence-electron chi connectivity index (χ0n) is 16.6. The van der Waals surface area contributed by atoms with Crippen molar-refractivity contribution in [3.63, 3.8) is 0 Å². The molecule has 0 aliphatic rings. The van der Waals surface area contributed by atoms with Crippen LogP contribution in [0.15, 0.2) is 66.7 Å². The van der Waals surface area contributed by atoms with Gasteiger partial charge >= 0.3 is 0 Å².